The number of benzene rings is 1. The molecule has 0 aliphatic rings. The van der Waals surface area contributed by atoms with E-state index in [-0.39, 0.29) is 24.7 Å². The molecular formula is C17H13FN4OS2. The second-order valence-electron chi connectivity index (χ2n) is 5.42. The van der Waals surface area contributed by atoms with Gasteiger partial charge >= 0.3 is 0 Å². The van der Waals surface area contributed by atoms with Gasteiger partial charge in [-0.1, -0.05) is 6.07 Å². The van der Waals surface area contributed by atoms with Gasteiger partial charge in [-0.15, -0.1) is 22.7 Å². The Morgan fingerprint density at radius 2 is 2.16 bits per heavy atom. The van der Waals surface area contributed by atoms with Crippen LogP contribution in [-0.2, 0) is 17.8 Å². The van der Waals surface area contributed by atoms with Crippen LogP contribution in [0.3, 0.4) is 0 Å². The van der Waals surface area contributed by atoms with Gasteiger partial charge in [0.15, 0.2) is 0 Å². The molecule has 0 spiro atoms. The van der Waals surface area contributed by atoms with E-state index in [1.807, 2.05) is 22.9 Å². The average molecular weight is 372 g/mol. The van der Waals surface area contributed by atoms with Gasteiger partial charge in [0, 0.05) is 5.38 Å². The van der Waals surface area contributed by atoms with Gasteiger partial charge in [0.25, 0.3) is 0 Å². The van der Waals surface area contributed by atoms with E-state index in [1.165, 1.54) is 23.5 Å². The maximum Gasteiger partial charge on any atom is 0.226 e. The first kappa shape index (κ1) is 15.9. The molecule has 0 unspecified atom stereocenters. The second-order valence-corrected chi connectivity index (χ2v) is 7.23. The molecular weight excluding hydrogens is 359 g/mol. The topological polar surface area (TPSA) is 70.7 Å². The molecule has 126 valence electrons. The normalized spacial score (nSPS) is 11.1. The van der Waals surface area contributed by atoms with Crippen LogP contribution in [0.5, 0.6) is 0 Å². The molecule has 4 rings (SSSR count). The summed E-state index contributed by atoms with van der Waals surface area (Å²) < 4.78 is 13.2. The van der Waals surface area contributed by atoms with Gasteiger partial charge in [-0.2, -0.15) is 0 Å². The van der Waals surface area contributed by atoms with E-state index in [2.05, 4.69) is 20.3 Å². The van der Waals surface area contributed by atoms with Crippen LogP contribution in [0.15, 0.2) is 41.1 Å². The van der Waals surface area contributed by atoms with Crippen LogP contribution in [0, 0.1) is 5.82 Å². The molecule has 1 amide bonds. The van der Waals surface area contributed by atoms with Gasteiger partial charge in [0.1, 0.15) is 16.6 Å². The number of hydrogen-bond donors (Lipinski definition) is 2. The fraction of sp³-hybridized carbons (Fsp3) is 0.118. The number of halogens is 1. The average Bonchev–Trinajstić information content (AvgIpc) is 3.32. The summed E-state index contributed by atoms with van der Waals surface area (Å²) in [7, 11) is 0. The first-order chi connectivity index (χ1) is 12.2. The molecule has 0 fully saturated rings. The van der Waals surface area contributed by atoms with Crippen LogP contribution in [0.2, 0.25) is 0 Å². The predicted octanol–water partition coefficient (Wildman–Crippen LogP) is 3.75. The Balaban J connectivity index is 1.37. The van der Waals surface area contributed by atoms with Crippen LogP contribution >= 0.6 is 22.7 Å². The van der Waals surface area contributed by atoms with E-state index in [9.17, 15) is 9.18 Å². The third-order valence-electron chi connectivity index (χ3n) is 3.57. The maximum absolute atomic E-state index is 13.2. The first-order valence-corrected chi connectivity index (χ1v) is 9.32. The fourth-order valence-electron chi connectivity index (χ4n) is 2.43. The lowest BCUT2D eigenvalue weighted by Gasteiger charge is -2.01. The first-order valence-electron chi connectivity index (χ1n) is 7.56. The number of thiazole rings is 1. The molecule has 0 atom stereocenters. The molecule has 5 nitrogen and oxygen atoms in total. The number of nitrogens with zero attached hydrogens (tertiary/aromatic N) is 2. The number of hydrogen-bond acceptors (Lipinski definition) is 5. The van der Waals surface area contributed by atoms with Crippen LogP contribution in [0.25, 0.3) is 20.9 Å². The molecule has 2 N–H and O–H groups in total. The summed E-state index contributed by atoms with van der Waals surface area (Å²) in [6.07, 6.45) is 0.219. The summed E-state index contributed by atoms with van der Waals surface area (Å²) in [4.78, 5) is 25.0. The molecule has 0 radical (unpaired) electrons. The molecule has 8 heteroatoms. The fourth-order valence-corrected chi connectivity index (χ4v) is 4.06. The predicted molar refractivity (Wildman–Crippen MR) is 97.0 cm³/mol. The van der Waals surface area contributed by atoms with Crippen molar-refractivity contribution in [3.63, 3.8) is 0 Å². The van der Waals surface area contributed by atoms with E-state index in [4.69, 9.17) is 0 Å². The Morgan fingerprint density at radius 3 is 3.00 bits per heavy atom. The van der Waals surface area contributed by atoms with Gasteiger partial charge in [-0.3, -0.25) is 4.79 Å². The Bertz CT molecular complexity index is 1020. The number of fused-ring (bicyclic) bond motifs is 1. The van der Waals surface area contributed by atoms with Crippen molar-refractivity contribution in [3.05, 3.63) is 58.4 Å². The highest BCUT2D eigenvalue weighted by Gasteiger charge is 2.10. The van der Waals surface area contributed by atoms with Gasteiger partial charge in [-0.25, -0.2) is 14.4 Å². The smallest absolute Gasteiger partial charge is 0.226 e. The van der Waals surface area contributed by atoms with Crippen LogP contribution in [0.4, 0.5) is 4.39 Å². The SMILES string of the molecule is O=C(Cc1csc(-c2cccs2)n1)NCc1nc2ccc(F)cc2[nH]1. The zero-order valence-electron chi connectivity index (χ0n) is 13.0. The summed E-state index contributed by atoms with van der Waals surface area (Å²) >= 11 is 3.16. The summed E-state index contributed by atoms with van der Waals surface area (Å²) in [5, 5.41) is 7.64. The number of nitrogens with one attached hydrogen (secondary N) is 2. The van der Waals surface area contributed by atoms with Crippen molar-refractivity contribution in [3.8, 4) is 9.88 Å². The summed E-state index contributed by atoms with van der Waals surface area (Å²) in [5.41, 5.74) is 2.03. The minimum atomic E-state index is -0.322. The largest absolute Gasteiger partial charge is 0.349 e. The highest BCUT2D eigenvalue weighted by molar-refractivity contribution is 7.20. The van der Waals surface area contributed by atoms with Gasteiger partial charge in [0.05, 0.1) is 34.6 Å². The van der Waals surface area contributed by atoms with Crippen molar-refractivity contribution in [2.45, 2.75) is 13.0 Å². The molecule has 0 bridgehead atoms. The number of thiophene rings is 1. The molecule has 4 aromatic rings. The van der Waals surface area contributed by atoms with Crippen molar-refractivity contribution in [1.82, 2.24) is 20.3 Å². The monoisotopic (exact) mass is 372 g/mol. The quantitative estimate of drug-likeness (QED) is 0.561. The molecule has 3 heterocycles. The minimum Gasteiger partial charge on any atom is -0.349 e. The van der Waals surface area contributed by atoms with Crippen LogP contribution < -0.4 is 5.32 Å². The number of imidazole rings is 1. The Hall–Kier alpha value is -2.58. The van der Waals surface area contributed by atoms with Gasteiger partial charge in [0.2, 0.25) is 5.91 Å². The summed E-state index contributed by atoms with van der Waals surface area (Å²) in [6, 6.07) is 8.34. The Kier molecular flexibility index (Phi) is 4.29. The van der Waals surface area contributed by atoms with E-state index in [0.717, 1.165) is 15.6 Å². The summed E-state index contributed by atoms with van der Waals surface area (Å²) in [5.74, 6) is 0.137. The standard InChI is InChI=1S/C17H13FN4OS2/c18-10-3-4-12-13(6-10)22-15(21-12)8-19-16(23)7-11-9-25-17(20-11)14-2-1-5-24-14/h1-6,9H,7-8H2,(H,19,23)(H,21,22). The Morgan fingerprint density at radius 1 is 1.24 bits per heavy atom. The van der Waals surface area contributed by atoms with Crippen molar-refractivity contribution in [1.29, 1.82) is 0 Å². The van der Waals surface area contributed by atoms with Crippen molar-refractivity contribution < 1.29 is 9.18 Å². The number of aromatic amines is 1. The lowest BCUT2D eigenvalue weighted by Crippen LogP contribution is -2.25. The molecule has 0 saturated carbocycles. The van der Waals surface area contributed by atoms with E-state index in [1.54, 1.807) is 17.4 Å². The number of carbonyl (C=O) groups is 1. The maximum atomic E-state index is 13.2. The van der Waals surface area contributed by atoms with Crippen molar-refractivity contribution in [2.75, 3.05) is 0 Å². The van der Waals surface area contributed by atoms with E-state index in [0.29, 0.717) is 16.9 Å². The third kappa shape index (κ3) is 3.59. The lowest BCUT2D eigenvalue weighted by atomic mass is 10.3. The van der Waals surface area contributed by atoms with Crippen LogP contribution in [-0.4, -0.2) is 20.9 Å². The molecule has 1 aromatic carbocycles. The molecule has 3 aromatic heterocycles. The molecule has 0 aliphatic heterocycles. The van der Waals surface area contributed by atoms with E-state index >= 15 is 0 Å². The number of rotatable bonds is 5. The molecule has 0 saturated heterocycles. The minimum absolute atomic E-state index is 0.130. The third-order valence-corrected chi connectivity index (χ3v) is 5.50. The highest BCUT2D eigenvalue weighted by Crippen LogP contribution is 2.27. The number of aromatic nitrogens is 3. The van der Waals surface area contributed by atoms with Crippen molar-refractivity contribution in [2.24, 2.45) is 0 Å². The molecule has 25 heavy (non-hydrogen) atoms. The second kappa shape index (κ2) is 6.73. The van der Waals surface area contributed by atoms with Crippen LogP contribution in [0.1, 0.15) is 11.5 Å². The highest BCUT2D eigenvalue weighted by atomic mass is 32.1. The molecule has 0 aliphatic carbocycles. The Labute approximate surface area is 150 Å². The zero-order chi connectivity index (χ0) is 17.2. The lowest BCUT2D eigenvalue weighted by molar-refractivity contribution is -0.120. The van der Waals surface area contributed by atoms with Gasteiger partial charge in [-0.05, 0) is 29.6 Å². The number of amides is 1. The summed E-state index contributed by atoms with van der Waals surface area (Å²) in [6.45, 7) is 0.261. The van der Waals surface area contributed by atoms with Gasteiger partial charge < -0.3 is 10.3 Å². The van der Waals surface area contributed by atoms with E-state index < -0.39 is 0 Å². The van der Waals surface area contributed by atoms with Crippen molar-refractivity contribution >= 4 is 39.6 Å². The zero-order valence-corrected chi connectivity index (χ0v) is 14.6. The number of carbonyl (C=O) groups excluding carboxylic acids is 1. The number of H-pyrrole nitrogens is 1.